The topological polar surface area (TPSA) is 26.5 Å². The zero-order chi connectivity index (χ0) is 11.8. The molecule has 3 nitrogen and oxygen atoms in total. The molecule has 0 amide bonds. The van der Waals surface area contributed by atoms with Crippen LogP contribution in [0.2, 0.25) is 0 Å². The van der Waals surface area contributed by atoms with Gasteiger partial charge in [0.1, 0.15) is 11.4 Å². The van der Waals surface area contributed by atoms with Crippen LogP contribution in [0.15, 0.2) is 24.5 Å². The molecule has 0 bridgehead atoms. The lowest BCUT2D eigenvalue weighted by Crippen LogP contribution is -2.17. The number of pyridine rings is 1. The van der Waals surface area contributed by atoms with E-state index in [1.807, 2.05) is 6.92 Å². The third-order valence-electron chi connectivity index (χ3n) is 2.07. The Labute approximate surface area is 89.5 Å². The summed E-state index contributed by atoms with van der Waals surface area (Å²) >= 11 is 0. The molecule has 86 valence electrons. The van der Waals surface area contributed by atoms with E-state index < -0.39 is 6.36 Å². The van der Waals surface area contributed by atoms with Crippen molar-refractivity contribution in [2.75, 3.05) is 0 Å². The Balaban J connectivity index is 2.36. The quantitative estimate of drug-likeness (QED) is 0.793. The predicted octanol–water partition coefficient (Wildman–Crippen LogP) is 2.80. The van der Waals surface area contributed by atoms with Gasteiger partial charge in [0.25, 0.3) is 0 Å². The normalized spacial score (nSPS) is 12.0. The van der Waals surface area contributed by atoms with Crippen LogP contribution in [-0.4, -0.2) is 15.7 Å². The average molecular weight is 230 g/mol. The van der Waals surface area contributed by atoms with Gasteiger partial charge in [0, 0.05) is 6.20 Å². The molecular weight excluding hydrogens is 221 g/mol. The summed E-state index contributed by atoms with van der Waals surface area (Å²) in [4.78, 5) is 4.19. The van der Waals surface area contributed by atoms with Crippen molar-refractivity contribution in [3.05, 3.63) is 30.2 Å². The molecule has 0 aliphatic carbocycles. The Morgan fingerprint density at radius 2 is 2.06 bits per heavy atom. The molecule has 0 aromatic carbocycles. The van der Waals surface area contributed by atoms with Crippen LogP contribution in [0.5, 0.6) is 5.75 Å². The molecule has 0 aliphatic rings. The highest BCUT2D eigenvalue weighted by Gasteiger charge is 2.31. The number of aromatic nitrogens is 2. The fourth-order valence-corrected chi connectivity index (χ4v) is 1.39. The van der Waals surface area contributed by atoms with Crippen molar-refractivity contribution in [2.24, 2.45) is 0 Å². The first-order valence-corrected chi connectivity index (χ1v) is 4.71. The Bertz CT molecular complexity index is 504. The molecule has 2 heterocycles. The molecule has 0 N–H and O–H groups in total. The fraction of sp³-hybridized carbons (Fsp3) is 0.300. The molecule has 0 fully saturated rings. The van der Waals surface area contributed by atoms with Gasteiger partial charge in [-0.1, -0.05) is 6.92 Å². The standard InChI is InChI=1S/C10H9F3N2O/c1-2-7-5-15-6-8(16-10(11,12)13)3-4-9(15)14-7/h3-6H,2H2,1H3. The molecule has 0 saturated heterocycles. The van der Waals surface area contributed by atoms with Gasteiger partial charge in [-0.15, -0.1) is 13.2 Å². The largest absolute Gasteiger partial charge is 0.573 e. The predicted molar refractivity (Wildman–Crippen MR) is 51.3 cm³/mol. The summed E-state index contributed by atoms with van der Waals surface area (Å²) in [5.41, 5.74) is 1.43. The number of alkyl halides is 3. The van der Waals surface area contributed by atoms with E-state index in [1.54, 1.807) is 6.20 Å². The maximum atomic E-state index is 12.0. The Morgan fingerprint density at radius 1 is 1.31 bits per heavy atom. The van der Waals surface area contributed by atoms with Gasteiger partial charge in [-0.05, 0) is 18.6 Å². The molecule has 16 heavy (non-hydrogen) atoms. The first kappa shape index (κ1) is 10.8. The molecular formula is C10H9F3N2O. The summed E-state index contributed by atoms with van der Waals surface area (Å²) in [6.45, 7) is 1.93. The van der Waals surface area contributed by atoms with Gasteiger partial charge >= 0.3 is 6.36 Å². The minimum Gasteiger partial charge on any atom is -0.404 e. The molecule has 0 atom stereocenters. The van der Waals surface area contributed by atoms with E-state index in [1.165, 1.54) is 22.7 Å². The van der Waals surface area contributed by atoms with E-state index >= 15 is 0 Å². The van der Waals surface area contributed by atoms with Crippen molar-refractivity contribution < 1.29 is 17.9 Å². The van der Waals surface area contributed by atoms with Gasteiger partial charge in [0.15, 0.2) is 0 Å². The second-order valence-electron chi connectivity index (χ2n) is 3.26. The van der Waals surface area contributed by atoms with Crippen LogP contribution < -0.4 is 4.74 Å². The van der Waals surface area contributed by atoms with Crippen LogP contribution in [0.3, 0.4) is 0 Å². The summed E-state index contributed by atoms with van der Waals surface area (Å²) in [7, 11) is 0. The average Bonchev–Trinajstić information content (AvgIpc) is 2.57. The summed E-state index contributed by atoms with van der Waals surface area (Å²) in [5.74, 6) is -0.250. The SMILES string of the molecule is CCc1cn2cc(OC(F)(F)F)ccc2n1. The van der Waals surface area contributed by atoms with E-state index in [-0.39, 0.29) is 5.75 Å². The third-order valence-corrected chi connectivity index (χ3v) is 2.07. The van der Waals surface area contributed by atoms with Crippen molar-refractivity contribution in [3.8, 4) is 5.75 Å². The summed E-state index contributed by atoms with van der Waals surface area (Å²) in [5, 5.41) is 0. The fourth-order valence-electron chi connectivity index (χ4n) is 1.39. The van der Waals surface area contributed by atoms with Crippen molar-refractivity contribution in [1.29, 1.82) is 0 Å². The summed E-state index contributed by atoms with van der Waals surface area (Å²) in [6, 6.07) is 2.73. The molecule has 2 aromatic heterocycles. The molecule has 0 unspecified atom stereocenters. The molecule has 2 aromatic rings. The highest BCUT2D eigenvalue weighted by atomic mass is 19.4. The zero-order valence-electron chi connectivity index (χ0n) is 8.45. The van der Waals surface area contributed by atoms with Crippen LogP contribution in [0.25, 0.3) is 5.65 Å². The van der Waals surface area contributed by atoms with Gasteiger partial charge in [-0.2, -0.15) is 0 Å². The van der Waals surface area contributed by atoms with Gasteiger partial charge in [0.2, 0.25) is 0 Å². The maximum absolute atomic E-state index is 12.0. The number of rotatable bonds is 2. The maximum Gasteiger partial charge on any atom is 0.573 e. The molecule has 6 heteroatoms. The van der Waals surface area contributed by atoms with E-state index in [9.17, 15) is 13.2 Å². The lowest BCUT2D eigenvalue weighted by atomic mass is 10.4. The third kappa shape index (κ3) is 2.26. The van der Waals surface area contributed by atoms with Crippen molar-refractivity contribution in [2.45, 2.75) is 19.7 Å². The van der Waals surface area contributed by atoms with Crippen LogP contribution in [0.4, 0.5) is 13.2 Å². The lowest BCUT2D eigenvalue weighted by molar-refractivity contribution is -0.274. The van der Waals surface area contributed by atoms with Crippen molar-refractivity contribution in [3.63, 3.8) is 0 Å². The number of aryl methyl sites for hydroxylation is 1. The number of nitrogens with zero attached hydrogens (tertiary/aromatic N) is 2. The van der Waals surface area contributed by atoms with E-state index in [0.717, 1.165) is 12.1 Å². The minimum absolute atomic E-state index is 0.250. The first-order valence-electron chi connectivity index (χ1n) is 4.71. The second-order valence-corrected chi connectivity index (χ2v) is 3.26. The van der Waals surface area contributed by atoms with Crippen molar-refractivity contribution >= 4 is 5.65 Å². The molecule has 0 radical (unpaired) electrons. The number of fused-ring (bicyclic) bond motifs is 1. The second kappa shape index (κ2) is 3.70. The number of ether oxygens (including phenoxy) is 1. The Morgan fingerprint density at radius 3 is 2.69 bits per heavy atom. The monoisotopic (exact) mass is 230 g/mol. The van der Waals surface area contributed by atoms with Crippen LogP contribution >= 0.6 is 0 Å². The van der Waals surface area contributed by atoms with Crippen LogP contribution in [0, 0.1) is 0 Å². The number of hydrogen-bond donors (Lipinski definition) is 0. The summed E-state index contributed by atoms with van der Waals surface area (Å²) in [6.07, 6.45) is -0.994. The van der Waals surface area contributed by atoms with Crippen LogP contribution in [-0.2, 0) is 6.42 Å². The number of halogens is 3. The van der Waals surface area contributed by atoms with Crippen LogP contribution in [0.1, 0.15) is 12.6 Å². The first-order chi connectivity index (χ1) is 7.48. The van der Waals surface area contributed by atoms with E-state index in [4.69, 9.17) is 0 Å². The lowest BCUT2D eigenvalue weighted by Gasteiger charge is -2.08. The Kier molecular flexibility index (Phi) is 2.49. The minimum atomic E-state index is -4.66. The van der Waals surface area contributed by atoms with Gasteiger partial charge in [-0.3, -0.25) is 0 Å². The zero-order valence-corrected chi connectivity index (χ0v) is 8.45. The Hall–Kier alpha value is -1.72. The molecule has 0 aliphatic heterocycles. The number of hydrogen-bond acceptors (Lipinski definition) is 2. The van der Waals surface area contributed by atoms with Crippen molar-refractivity contribution in [1.82, 2.24) is 9.38 Å². The van der Waals surface area contributed by atoms with Gasteiger partial charge in [0.05, 0.1) is 11.9 Å². The highest BCUT2D eigenvalue weighted by molar-refractivity contribution is 5.43. The highest BCUT2D eigenvalue weighted by Crippen LogP contribution is 2.23. The molecule has 2 rings (SSSR count). The van der Waals surface area contributed by atoms with Gasteiger partial charge in [-0.25, -0.2) is 4.98 Å². The summed E-state index contributed by atoms with van der Waals surface area (Å²) < 4.78 is 41.2. The molecule has 0 spiro atoms. The van der Waals surface area contributed by atoms with Gasteiger partial charge < -0.3 is 9.14 Å². The number of imidazole rings is 1. The smallest absolute Gasteiger partial charge is 0.404 e. The van der Waals surface area contributed by atoms with E-state index in [0.29, 0.717) is 5.65 Å². The van der Waals surface area contributed by atoms with E-state index in [2.05, 4.69) is 9.72 Å². The molecule has 0 saturated carbocycles.